The number of carbonyl (C=O) groups excluding carboxylic acids is 1. The van der Waals surface area contributed by atoms with Gasteiger partial charge in [-0.1, -0.05) is 74.7 Å². The van der Waals surface area contributed by atoms with Crippen molar-refractivity contribution < 1.29 is 4.79 Å². The van der Waals surface area contributed by atoms with Gasteiger partial charge in [-0.15, -0.1) is 10.2 Å². The number of unbranched alkanes of at least 4 members (excludes halogenated alkanes) is 1. The number of nitrogens with one attached hydrogen (secondary N) is 1. The highest BCUT2D eigenvalue weighted by Crippen LogP contribution is 2.41. The highest BCUT2D eigenvalue weighted by atomic mass is 16.2. The van der Waals surface area contributed by atoms with Crippen molar-refractivity contribution >= 4 is 11.7 Å². The monoisotopic (exact) mass is 428 g/mol. The van der Waals surface area contributed by atoms with Gasteiger partial charge in [0, 0.05) is 18.5 Å². The minimum Gasteiger partial charge on any atom is -0.341 e. The Bertz CT molecular complexity index is 1110. The molecule has 0 unspecified atom stereocenters. The van der Waals surface area contributed by atoms with E-state index in [-0.39, 0.29) is 5.91 Å². The molecular weight excluding hydrogens is 400 g/mol. The van der Waals surface area contributed by atoms with Crippen molar-refractivity contribution in [2.45, 2.75) is 64.0 Å². The van der Waals surface area contributed by atoms with Crippen molar-refractivity contribution in [1.82, 2.24) is 25.5 Å². The number of H-pyrrole nitrogens is 1. The highest BCUT2D eigenvalue weighted by molar-refractivity contribution is 6.06. The van der Waals surface area contributed by atoms with Gasteiger partial charge >= 0.3 is 0 Å². The molecule has 1 saturated carbocycles. The van der Waals surface area contributed by atoms with Crippen LogP contribution in [0.2, 0.25) is 0 Å². The van der Waals surface area contributed by atoms with Crippen LogP contribution in [-0.4, -0.2) is 42.8 Å². The standard InChI is InChI=1S/C25H28N6O/c1-2-3-10-22-26-24(32)25(15-6-7-16-25)31(22)17-18-11-13-19(14-12-18)20-8-4-5-9-21(20)23-27-29-30-28-23/h4-5,8-9,11-14H,2-3,6-7,10,15-17H2,1H3,(H,27,28,29,30). The zero-order chi connectivity index (χ0) is 22.0. The number of tetrazole rings is 1. The Balaban J connectivity index is 1.41. The first-order valence-electron chi connectivity index (χ1n) is 11.5. The summed E-state index contributed by atoms with van der Waals surface area (Å²) in [6.07, 6.45) is 7.07. The molecule has 5 rings (SSSR count). The van der Waals surface area contributed by atoms with E-state index in [1.807, 2.05) is 18.2 Å². The molecule has 1 amide bonds. The summed E-state index contributed by atoms with van der Waals surface area (Å²) in [5.41, 5.74) is 3.89. The maximum absolute atomic E-state index is 12.9. The van der Waals surface area contributed by atoms with Gasteiger partial charge in [0.25, 0.3) is 5.91 Å². The van der Waals surface area contributed by atoms with E-state index >= 15 is 0 Å². The van der Waals surface area contributed by atoms with E-state index in [9.17, 15) is 4.79 Å². The van der Waals surface area contributed by atoms with Crippen LogP contribution in [0.5, 0.6) is 0 Å². The lowest BCUT2D eigenvalue weighted by Gasteiger charge is -2.35. The van der Waals surface area contributed by atoms with Gasteiger partial charge in [-0.3, -0.25) is 4.79 Å². The fourth-order valence-corrected chi connectivity index (χ4v) is 5.03. The molecule has 3 aromatic rings. The summed E-state index contributed by atoms with van der Waals surface area (Å²) < 4.78 is 0. The van der Waals surface area contributed by atoms with Gasteiger partial charge < -0.3 is 4.90 Å². The van der Waals surface area contributed by atoms with Crippen molar-refractivity contribution in [3.05, 3.63) is 54.1 Å². The second kappa shape index (κ2) is 8.65. The third-order valence-electron chi connectivity index (χ3n) is 6.76. The number of aliphatic imine (C=N–C) groups is 1. The Morgan fingerprint density at radius 1 is 1.03 bits per heavy atom. The molecule has 1 aliphatic heterocycles. The maximum Gasteiger partial charge on any atom is 0.273 e. The summed E-state index contributed by atoms with van der Waals surface area (Å²) in [5.74, 6) is 1.64. The summed E-state index contributed by atoms with van der Waals surface area (Å²) in [6.45, 7) is 2.90. The Kier molecular flexibility index (Phi) is 5.55. The number of benzene rings is 2. The van der Waals surface area contributed by atoms with Gasteiger partial charge in [0.2, 0.25) is 5.82 Å². The predicted molar refractivity (Wildman–Crippen MR) is 124 cm³/mol. The molecule has 0 saturated heterocycles. The zero-order valence-electron chi connectivity index (χ0n) is 18.4. The number of hydrogen-bond donors (Lipinski definition) is 1. The number of carbonyl (C=O) groups is 1. The minimum absolute atomic E-state index is 0.0757. The van der Waals surface area contributed by atoms with Crippen LogP contribution in [0.1, 0.15) is 57.4 Å². The first kappa shape index (κ1) is 20.5. The molecule has 7 nitrogen and oxygen atoms in total. The van der Waals surface area contributed by atoms with Crippen LogP contribution in [0, 0.1) is 0 Å². The van der Waals surface area contributed by atoms with Crippen LogP contribution >= 0.6 is 0 Å². The first-order valence-corrected chi connectivity index (χ1v) is 11.5. The van der Waals surface area contributed by atoms with E-state index in [4.69, 9.17) is 0 Å². The molecule has 0 radical (unpaired) electrons. The van der Waals surface area contributed by atoms with E-state index in [1.54, 1.807) is 0 Å². The van der Waals surface area contributed by atoms with Crippen molar-refractivity contribution in [3.8, 4) is 22.5 Å². The number of hydrogen-bond acceptors (Lipinski definition) is 5. The van der Waals surface area contributed by atoms with Crippen LogP contribution in [0.25, 0.3) is 22.5 Å². The fourth-order valence-electron chi connectivity index (χ4n) is 5.03. The Morgan fingerprint density at radius 2 is 1.78 bits per heavy atom. The molecule has 1 spiro atoms. The lowest BCUT2D eigenvalue weighted by molar-refractivity contribution is -0.125. The average molecular weight is 429 g/mol. The van der Waals surface area contributed by atoms with Gasteiger partial charge in [-0.25, -0.2) is 0 Å². The topological polar surface area (TPSA) is 87.1 Å². The minimum atomic E-state index is -0.410. The molecule has 2 aromatic carbocycles. The van der Waals surface area contributed by atoms with E-state index in [2.05, 4.69) is 67.8 Å². The van der Waals surface area contributed by atoms with E-state index in [0.717, 1.165) is 74.0 Å². The van der Waals surface area contributed by atoms with E-state index in [0.29, 0.717) is 5.82 Å². The first-order chi connectivity index (χ1) is 15.7. The molecule has 1 fully saturated rings. The fraction of sp³-hybridized carbons (Fsp3) is 0.400. The predicted octanol–water partition coefficient (Wildman–Crippen LogP) is 4.78. The summed E-state index contributed by atoms with van der Waals surface area (Å²) in [4.78, 5) is 19.8. The summed E-state index contributed by atoms with van der Waals surface area (Å²) in [6, 6.07) is 16.7. The molecular formula is C25H28N6O. The zero-order valence-corrected chi connectivity index (χ0v) is 18.4. The molecule has 0 bridgehead atoms. The number of aromatic amines is 1. The van der Waals surface area contributed by atoms with Gasteiger partial charge in [0.05, 0.1) is 0 Å². The van der Waals surface area contributed by atoms with Crippen LogP contribution in [0.4, 0.5) is 0 Å². The van der Waals surface area contributed by atoms with Crippen molar-refractivity contribution in [2.24, 2.45) is 4.99 Å². The normalized spacial score (nSPS) is 17.3. The molecule has 164 valence electrons. The quantitative estimate of drug-likeness (QED) is 0.585. The number of aromatic nitrogens is 4. The van der Waals surface area contributed by atoms with E-state index < -0.39 is 5.54 Å². The molecule has 1 aromatic heterocycles. The highest BCUT2D eigenvalue weighted by Gasteiger charge is 2.51. The number of amidine groups is 1. The Hall–Kier alpha value is -3.35. The summed E-state index contributed by atoms with van der Waals surface area (Å²) in [5, 5.41) is 14.5. The van der Waals surface area contributed by atoms with Crippen LogP contribution in [-0.2, 0) is 11.3 Å². The lowest BCUT2D eigenvalue weighted by atomic mass is 9.94. The van der Waals surface area contributed by atoms with Gasteiger partial charge in [-0.2, -0.15) is 10.2 Å². The molecule has 2 heterocycles. The van der Waals surface area contributed by atoms with Crippen molar-refractivity contribution in [2.75, 3.05) is 0 Å². The molecule has 1 aliphatic carbocycles. The smallest absolute Gasteiger partial charge is 0.273 e. The molecule has 0 atom stereocenters. The van der Waals surface area contributed by atoms with Gasteiger partial charge in [-0.05, 0) is 41.2 Å². The largest absolute Gasteiger partial charge is 0.341 e. The number of nitrogens with zero attached hydrogens (tertiary/aromatic N) is 5. The Labute approximate surface area is 188 Å². The molecule has 7 heteroatoms. The molecule has 1 N–H and O–H groups in total. The second-order valence-corrected chi connectivity index (χ2v) is 8.74. The maximum atomic E-state index is 12.9. The molecule has 2 aliphatic rings. The number of amides is 1. The third-order valence-corrected chi connectivity index (χ3v) is 6.76. The van der Waals surface area contributed by atoms with Crippen LogP contribution in [0.3, 0.4) is 0 Å². The van der Waals surface area contributed by atoms with Gasteiger partial charge in [0.1, 0.15) is 11.4 Å². The SMILES string of the molecule is CCCCC1=NC(=O)C2(CCCC2)N1Cc1ccc(-c2ccccc2-c2nn[nH]n2)cc1. The third kappa shape index (κ3) is 3.61. The average Bonchev–Trinajstić information content (AvgIpc) is 3.58. The van der Waals surface area contributed by atoms with Crippen molar-refractivity contribution in [1.29, 1.82) is 0 Å². The Morgan fingerprint density at radius 3 is 2.47 bits per heavy atom. The second-order valence-electron chi connectivity index (χ2n) is 8.74. The lowest BCUT2D eigenvalue weighted by Crippen LogP contribution is -2.49. The van der Waals surface area contributed by atoms with E-state index in [1.165, 1.54) is 5.56 Å². The van der Waals surface area contributed by atoms with Crippen molar-refractivity contribution in [3.63, 3.8) is 0 Å². The van der Waals surface area contributed by atoms with Gasteiger partial charge in [0.15, 0.2) is 0 Å². The molecule has 32 heavy (non-hydrogen) atoms. The van der Waals surface area contributed by atoms with Crippen LogP contribution in [0.15, 0.2) is 53.5 Å². The summed E-state index contributed by atoms with van der Waals surface area (Å²) >= 11 is 0. The summed E-state index contributed by atoms with van der Waals surface area (Å²) in [7, 11) is 0. The number of rotatable bonds is 7. The van der Waals surface area contributed by atoms with Crippen LogP contribution < -0.4 is 0 Å².